The molecular formula is C19H27NO3. The van der Waals surface area contributed by atoms with Crippen molar-refractivity contribution in [2.24, 2.45) is 11.8 Å². The average molecular weight is 325 g/mol. The number of hydrogen-bond acceptors (Lipinski definition) is 4. The molecule has 0 amide bonds. The second-order valence-corrected chi connectivity index (χ2v) is 6.96. The van der Waals surface area contributed by atoms with Crippen LogP contribution < -0.4 is 9.47 Å². The molecule has 0 radical (unpaired) electrons. The summed E-state index contributed by atoms with van der Waals surface area (Å²) in [6, 6.07) is 2.93. The van der Waals surface area contributed by atoms with Crippen molar-refractivity contribution in [3.8, 4) is 11.5 Å². The van der Waals surface area contributed by atoms with Crippen LogP contribution in [0, 0.1) is 11.8 Å². The van der Waals surface area contributed by atoms with E-state index in [0.717, 1.165) is 24.1 Å². The number of fused-ring (bicyclic) bond motifs is 3. The molecule has 2 atom stereocenters. The molecule has 0 spiro atoms. The SMILES string of the molecule is [2H][13C]([2H])([2H])Oc1cc2c(cc1O[13C]([2H])([2H])[2H])C1CC(=O)C(CC(C)C)CN1CC2. The van der Waals surface area contributed by atoms with Gasteiger partial charge < -0.3 is 9.47 Å². The van der Waals surface area contributed by atoms with Gasteiger partial charge in [-0.2, -0.15) is 0 Å². The second kappa shape index (κ2) is 6.52. The number of methoxy groups -OCH3 is 2. The van der Waals surface area contributed by atoms with E-state index in [1.54, 1.807) is 6.07 Å². The van der Waals surface area contributed by atoms with Gasteiger partial charge in [-0.1, -0.05) is 13.8 Å². The van der Waals surface area contributed by atoms with Crippen LogP contribution in [0.1, 0.15) is 52.1 Å². The molecule has 0 bridgehead atoms. The zero-order chi connectivity index (χ0) is 21.6. The third-order valence-corrected chi connectivity index (χ3v) is 4.95. The molecule has 0 N–H and O–H groups in total. The summed E-state index contributed by atoms with van der Waals surface area (Å²) >= 11 is 0. The van der Waals surface area contributed by atoms with Gasteiger partial charge in [-0.05, 0) is 42.0 Å². The summed E-state index contributed by atoms with van der Waals surface area (Å²) in [5, 5.41) is 0. The van der Waals surface area contributed by atoms with Crippen LogP contribution in [0.15, 0.2) is 12.1 Å². The first-order chi connectivity index (χ1) is 13.3. The number of nitrogens with zero attached hydrogens (tertiary/aromatic N) is 1. The van der Waals surface area contributed by atoms with E-state index in [1.165, 1.54) is 6.07 Å². The molecule has 23 heavy (non-hydrogen) atoms. The van der Waals surface area contributed by atoms with E-state index in [-0.39, 0.29) is 29.2 Å². The van der Waals surface area contributed by atoms with E-state index >= 15 is 0 Å². The van der Waals surface area contributed by atoms with E-state index in [4.69, 9.17) is 17.7 Å². The lowest BCUT2D eigenvalue weighted by molar-refractivity contribution is -0.129. The molecule has 4 heteroatoms. The van der Waals surface area contributed by atoms with E-state index < -0.39 is 14.1 Å². The van der Waals surface area contributed by atoms with Crippen molar-refractivity contribution in [2.75, 3.05) is 27.2 Å². The first kappa shape index (κ1) is 10.3. The summed E-state index contributed by atoms with van der Waals surface area (Å²) in [4.78, 5) is 15.0. The Kier molecular flexibility index (Phi) is 2.93. The van der Waals surface area contributed by atoms with Crippen molar-refractivity contribution >= 4 is 5.78 Å². The molecule has 0 aliphatic carbocycles. The third-order valence-electron chi connectivity index (χ3n) is 4.95. The lowest BCUT2D eigenvalue weighted by Crippen LogP contribution is -2.46. The van der Waals surface area contributed by atoms with Crippen molar-refractivity contribution in [3.63, 3.8) is 0 Å². The number of piperidine rings is 1. The molecule has 1 saturated heterocycles. The summed E-state index contributed by atoms with van der Waals surface area (Å²) in [6.45, 7) is 5.65. The van der Waals surface area contributed by atoms with Crippen molar-refractivity contribution in [1.29, 1.82) is 0 Å². The second-order valence-electron chi connectivity index (χ2n) is 6.96. The van der Waals surface area contributed by atoms with Crippen molar-refractivity contribution in [2.45, 2.75) is 39.2 Å². The molecule has 2 unspecified atom stereocenters. The Bertz CT molecular complexity index is 774. The van der Waals surface area contributed by atoms with Crippen molar-refractivity contribution in [3.05, 3.63) is 23.3 Å². The lowest BCUT2D eigenvalue weighted by atomic mass is 9.80. The molecule has 0 saturated carbocycles. The number of Topliss-reactive ketones (excluding diaryl/α,β-unsaturated/α-hetero) is 1. The highest BCUT2D eigenvalue weighted by Gasteiger charge is 2.38. The molecule has 2 aliphatic heterocycles. The Morgan fingerprint density at radius 3 is 2.74 bits per heavy atom. The van der Waals surface area contributed by atoms with Crippen LogP contribution in [0.25, 0.3) is 0 Å². The predicted octanol–water partition coefficient (Wildman–Crippen LogP) is 3.24. The molecule has 4 nitrogen and oxygen atoms in total. The van der Waals surface area contributed by atoms with Crippen LogP contribution >= 0.6 is 0 Å². The number of ketones is 1. The summed E-state index contributed by atoms with van der Waals surface area (Å²) in [6.07, 6.45) is 1.88. The number of carbonyl (C=O) groups is 1. The van der Waals surface area contributed by atoms with Crippen molar-refractivity contribution < 1.29 is 22.5 Å². The van der Waals surface area contributed by atoms with Crippen LogP contribution in [0.5, 0.6) is 11.5 Å². The molecule has 126 valence electrons. The summed E-state index contributed by atoms with van der Waals surface area (Å²) in [5.74, 6) is 0.418. The first-order valence-corrected chi connectivity index (χ1v) is 8.14. The highest BCUT2D eigenvalue weighted by molar-refractivity contribution is 5.83. The zero-order valence-corrected chi connectivity index (χ0v) is 13.6. The first-order valence-electron chi connectivity index (χ1n) is 11.1. The molecule has 2 heterocycles. The maximum Gasteiger partial charge on any atom is 0.161 e. The van der Waals surface area contributed by atoms with Crippen molar-refractivity contribution in [1.82, 2.24) is 4.90 Å². The van der Waals surface area contributed by atoms with Gasteiger partial charge in [0.05, 0.1) is 22.3 Å². The van der Waals surface area contributed by atoms with Crippen LogP contribution in [0.3, 0.4) is 0 Å². The Morgan fingerprint density at radius 2 is 2.04 bits per heavy atom. The van der Waals surface area contributed by atoms with Gasteiger partial charge in [0.15, 0.2) is 11.5 Å². The predicted molar refractivity (Wildman–Crippen MR) is 90.1 cm³/mol. The highest BCUT2D eigenvalue weighted by Crippen LogP contribution is 2.42. The number of benzene rings is 1. The van der Waals surface area contributed by atoms with Gasteiger partial charge in [0, 0.05) is 31.5 Å². The van der Waals surface area contributed by atoms with Crippen LogP contribution in [0.4, 0.5) is 0 Å². The average Bonchev–Trinajstić information content (AvgIpc) is 2.53. The topological polar surface area (TPSA) is 38.8 Å². The minimum atomic E-state index is -2.75. The quantitative estimate of drug-likeness (QED) is 0.797. The summed E-state index contributed by atoms with van der Waals surface area (Å²) in [5.41, 5.74) is 1.67. The monoisotopic (exact) mass is 325 g/mol. The molecule has 1 fully saturated rings. The van der Waals surface area contributed by atoms with Gasteiger partial charge in [-0.3, -0.25) is 9.69 Å². The van der Waals surface area contributed by atoms with E-state index in [0.29, 0.717) is 25.3 Å². The van der Waals surface area contributed by atoms with Gasteiger partial charge in [0.2, 0.25) is 0 Å². The fourth-order valence-corrected chi connectivity index (χ4v) is 3.90. The number of ether oxygens (including phenoxy) is 2. The Morgan fingerprint density at radius 1 is 1.30 bits per heavy atom. The summed E-state index contributed by atoms with van der Waals surface area (Å²) in [7, 11) is -5.48. The fraction of sp³-hybridized carbons (Fsp3) is 0.632. The van der Waals surface area contributed by atoms with E-state index in [2.05, 4.69) is 18.7 Å². The van der Waals surface area contributed by atoms with Gasteiger partial charge in [0.1, 0.15) is 5.78 Å². The minimum absolute atomic E-state index is 0.0177. The van der Waals surface area contributed by atoms with Crippen LogP contribution in [-0.2, 0) is 11.2 Å². The standard InChI is InChI=1S/C19H27NO3/c1-12(2)7-14-11-20-6-5-13-8-18(22-3)19(23-4)9-15(13)16(20)10-17(14)21/h8-9,12,14,16H,5-7,10-11H2,1-4H3/i3+1D3,4+1D3. The zero-order valence-electron chi connectivity index (χ0n) is 19.6. The number of hydrogen-bond donors (Lipinski definition) is 0. The van der Waals surface area contributed by atoms with Crippen LogP contribution in [-0.4, -0.2) is 37.8 Å². The third kappa shape index (κ3) is 3.09. The van der Waals surface area contributed by atoms with Gasteiger partial charge in [0.25, 0.3) is 0 Å². The molecule has 0 aromatic heterocycles. The van der Waals surface area contributed by atoms with E-state index in [1.807, 2.05) is 0 Å². The fourth-order valence-electron chi connectivity index (χ4n) is 3.90. The molecular weight excluding hydrogens is 292 g/mol. The van der Waals surface area contributed by atoms with E-state index in [9.17, 15) is 4.79 Å². The molecule has 1 aromatic rings. The van der Waals surface area contributed by atoms with Crippen LogP contribution in [0.2, 0.25) is 0 Å². The minimum Gasteiger partial charge on any atom is -0.493 e. The van der Waals surface area contributed by atoms with Gasteiger partial charge in [-0.15, -0.1) is 0 Å². The Balaban J connectivity index is 1.95. The highest BCUT2D eigenvalue weighted by atomic mass is 16.6. The largest absolute Gasteiger partial charge is 0.493 e. The summed E-state index contributed by atoms with van der Waals surface area (Å²) < 4.78 is 54.3. The molecule has 3 rings (SSSR count). The normalized spacial score (nSPS) is 29.3. The maximum absolute atomic E-state index is 12.7. The van der Waals surface area contributed by atoms with Gasteiger partial charge >= 0.3 is 0 Å². The Labute approximate surface area is 147 Å². The molecule has 1 aromatic carbocycles. The Hall–Kier alpha value is -1.55. The lowest BCUT2D eigenvalue weighted by Gasteiger charge is -2.43. The maximum atomic E-state index is 12.7. The smallest absolute Gasteiger partial charge is 0.161 e. The number of carbonyl (C=O) groups excluding carboxylic acids is 1. The van der Waals surface area contributed by atoms with Gasteiger partial charge in [-0.25, -0.2) is 0 Å². The number of rotatable bonds is 4. The molecule has 2 aliphatic rings.